The zero-order valence-corrected chi connectivity index (χ0v) is 16.5. The van der Waals surface area contributed by atoms with Crippen LogP contribution in [0.4, 0.5) is 10.5 Å². The van der Waals surface area contributed by atoms with E-state index < -0.39 is 24.0 Å². The van der Waals surface area contributed by atoms with E-state index in [1.807, 2.05) is 0 Å². The third-order valence-corrected chi connectivity index (χ3v) is 4.80. The Bertz CT molecular complexity index is 983. The average Bonchev–Trinajstić information content (AvgIpc) is 2.68. The van der Waals surface area contributed by atoms with Crippen molar-refractivity contribution in [3.63, 3.8) is 0 Å². The van der Waals surface area contributed by atoms with Crippen molar-refractivity contribution in [1.29, 1.82) is 0 Å². The Labute approximate surface area is 172 Å². The Balaban J connectivity index is 2.09. The van der Waals surface area contributed by atoms with E-state index in [9.17, 15) is 19.5 Å². The summed E-state index contributed by atoms with van der Waals surface area (Å²) < 4.78 is 5.21. The number of carbonyl (C=O) groups is 3. The van der Waals surface area contributed by atoms with Gasteiger partial charge in [0, 0.05) is 10.7 Å². The smallest absolute Gasteiger partial charge is 0.338 e. The van der Waals surface area contributed by atoms with Gasteiger partial charge >= 0.3 is 12.0 Å². The minimum absolute atomic E-state index is 0.0162. The Morgan fingerprint density at radius 2 is 1.76 bits per heavy atom. The van der Waals surface area contributed by atoms with Crippen molar-refractivity contribution in [1.82, 2.24) is 5.32 Å². The molecule has 1 heterocycles. The molecule has 0 unspecified atom stereocenters. The van der Waals surface area contributed by atoms with Gasteiger partial charge in [0.1, 0.15) is 0 Å². The molecule has 1 N–H and O–H groups in total. The second-order valence-electron chi connectivity index (χ2n) is 6.32. The highest BCUT2D eigenvalue weighted by Crippen LogP contribution is 2.34. The lowest BCUT2D eigenvalue weighted by molar-refractivity contribution is -0.255. The van der Waals surface area contributed by atoms with Crippen LogP contribution >= 0.6 is 11.6 Å². The normalized spacial score (nSPS) is 16.4. The molecule has 150 valence electrons. The predicted octanol–water partition coefficient (Wildman–Crippen LogP) is 2.81. The lowest BCUT2D eigenvalue weighted by Gasteiger charge is -2.35. The lowest BCUT2D eigenvalue weighted by atomic mass is 9.94. The first kappa shape index (κ1) is 20.4. The van der Waals surface area contributed by atoms with Crippen molar-refractivity contribution < 1.29 is 24.2 Å². The van der Waals surface area contributed by atoms with Gasteiger partial charge in [-0.15, -0.1) is 0 Å². The molecule has 8 heteroatoms. The van der Waals surface area contributed by atoms with Crippen LogP contribution in [0.15, 0.2) is 59.8 Å². The van der Waals surface area contributed by atoms with Gasteiger partial charge in [-0.05, 0) is 49.2 Å². The summed E-state index contributed by atoms with van der Waals surface area (Å²) in [7, 11) is 0. The number of nitrogens with zero attached hydrogens (tertiary/aromatic N) is 1. The van der Waals surface area contributed by atoms with Crippen LogP contribution in [-0.4, -0.2) is 24.6 Å². The number of aromatic carboxylic acids is 1. The van der Waals surface area contributed by atoms with E-state index in [0.717, 1.165) is 0 Å². The van der Waals surface area contributed by atoms with Crippen molar-refractivity contribution in [3.05, 3.63) is 76.0 Å². The number of anilines is 1. The van der Waals surface area contributed by atoms with Gasteiger partial charge in [0.15, 0.2) is 0 Å². The number of carboxylic acid groups (broad SMARTS) is 1. The SMILES string of the molecule is CCOC(=O)C1=C(C)N(c2ccc(C(=O)[O-])cc2)C(=O)N[C@H]1c1ccc(Cl)cc1. The highest BCUT2D eigenvalue weighted by molar-refractivity contribution is 6.30. The molecule has 2 aromatic carbocycles. The fraction of sp³-hybridized carbons (Fsp3) is 0.190. The number of ether oxygens (including phenoxy) is 1. The molecule has 7 nitrogen and oxygen atoms in total. The summed E-state index contributed by atoms with van der Waals surface area (Å²) in [5.74, 6) is -1.87. The molecular formula is C21H18ClN2O5-. The Morgan fingerprint density at radius 3 is 2.31 bits per heavy atom. The van der Waals surface area contributed by atoms with E-state index in [1.165, 1.54) is 29.2 Å². The van der Waals surface area contributed by atoms with Crippen LogP contribution in [0, 0.1) is 0 Å². The van der Waals surface area contributed by atoms with Crippen LogP contribution in [0.2, 0.25) is 5.02 Å². The molecule has 3 rings (SSSR count). The van der Waals surface area contributed by atoms with Gasteiger partial charge < -0.3 is 20.0 Å². The molecular weight excluding hydrogens is 396 g/mol. The number of urea groups is 1. The lowest BCUT2D eigenvalue weighted by Crippen LogP contribution is -2.48. The van der Waals surface area contributed by atoms with Gasteiger partial charge in [-0.3, -0.25) is 4.90 Å². The maximum Gasteiger partial charge on any atom is 0.338 e. The quantitative estimate of drug-likeness (QED) is 0.760. The molecule has 1 atom stereocenters. The van der Waals surface area contributed by atoms with E-state index in [0.29, 0.717) is 22.0 Å². The number of hydrogen-bond acceptors (Lipinski definition) is 5. The summed E-state index contributed by atoms with van der Waals surface area (Å²) in [6, 6.07) is 11.2. The third-order valence-electron chi connectivity index (χ3n) is 4.54. The zero-order valence-electron chi connectivity index (χ0n) is 15.8. The Morgan fingerprint density at radius 1 is 1.14 bits per heavy atom. The van der Waals surface area contributed by atoms with Gasteiger partial charge in [-0.25, -0.2) is 9.59 Å². The number of allylic oxidation sites excluding steroid dienone is 1. The van der Waals surface area contributed by atoms with E-state index in [2.05, 4.69) is 5.32 Å². The number of halogens is 1. The zero-order chi connectivity index (χ0) is 21.1. The second-order valence-corrected chi connectivity index (χ2v) is 6.76. The summed E-state index contributed by atoms with van der Waals surface area (Å²) in [6.45, 7) is 3.51. The number of benzene rings is 2. The minimum atomic E-state index is -1.32. The monoisotopic (exact) mass is 413 g/mol. The van der Waals surface area contributed by atoms with Crippen molar-refractivity contribution in [2.75, 3.05) is 11.5 Å². The first-order valence-corrected chi connectivity index (χ1v) is 9.26. The fourth-order valence-electron chi connectivity index (χ4n) is 3.18. The van der Waals surface area contributed by atoms with Crippen molar-refractivity contribution in [2.45, 2.75) is 19.9 Å². The van der Waals surface area contributed by atoms with E-state index in [1.54, 1.807) is 38.1 Å². The molecule has 0 aliphatic carbocycles. The van der Waals surface area contributed by atoms with Gasteiger partial charge in [-0.2, -0.15) is 0 Å². The number of hydrogen-bond donors (Lipinski definition) is 1. The summed E-state index contributed by atoms with van der Waals surface area (Å²) in [5.41, 5.74) is 1.72. The standard InChI is InChI=1S/C21H19ClN2O5/c1-3-29-20(27)17-12(2)24(16-10-6-14(7-11-16)19(25)26)21(28)23-18(17)13-4-8-15(22)9-5-13/h4-11,18H,3H2,1-2H3,(H,23,28)(H,25,26)/p-1/t18-/m0/s1. The molecule has 2 amide bonds. The predicted molar refractivity (Wildman–Crippen MR) is 105 cm³/mol. The summed E-state index contributed by atoms with van der Waals surface area (Å²) in [5, 5.41) is 14.3. The maximum atomic E-state index is 12.9. The van der Waals surface area contributed by atoms with Gasteiger partial charge in [-0.1, -0.05) is 35.9 Å². The molecule has 0 saturated carbocycles. The highest BCUT2D eigenvalue weighted by Gasteiger charge is 2.37. The van der Waals surface area contributed by atoms with Crippen LogP contribution in [0.3, 0.4) is 0 Å². The first-order valence-electron chi connectivity index (χ1n) is 8.88. The Kier molecular flexibility index (Phi) is 5.89. The van der Waals surface area contributed by atoms with Gasteiger partial charge in [0.05, 0.1) is 29.9 Å². The number of esters is 1. The second kappa shape index (κ2) is 8.36. The number of rotatable bonds is 5. The molecule has 29 heavy (non-hydrogen) atoms. The van der Waals surface area contributed by atoms with Gasteiger partial charge in [0.25, 0.3) is 0 Å². The number of nitrogens with one attached hydrogen (secondary N) is 1. The molecule has 0 spiro atoms. The van der Waals surface area contributed by atoms with Crippen molar-refractivity contribution >= 4 is 35.3 Å². The van der Waals surface area contributed by atoms with E-state index >= 15 is 0 Å². The topological polar surface area (TPSA) is 98.8 Å². The van der Waals surface area contributed by atoms with Crippen LogP contribution in [0.1, 0.15) is 35.8 Å². The van der Waals surface area contributed by atoms with Crippen molar-refractivity contribution in [2.24, 2.45) is 0 Å². The number of carboxylic acids is 1. The first-order chi connectivity index (χ1) is 13.8. The van der Waals surface area contributed by atoms with E-state index in [-0.39, 0.29) is 17.7 Å². The van der Waals surface area contributed by atoms with Crippen LogP contribution in [0.25, 0.3) is 0 Å². The summed E-state index contributed by atoms with van der Waals surface area (Å²) in [4.78, 5) is 37.9. The molecule has 0 radical (unpaired) electrons. The summed E-state index contributed by atoms with van der Waals surface area (Å²) >= 11 is 5.95. The van der Waals surface area contributed by atoms with Crippen LogP contribution < -0.4 is 15.3 Å². The molecule has 1 aliphatic rings. The molecule has 0 saturated heterocycles. The number of carbonyl (C=O) groups excluding carboxylic acids is 3. The van der Waals surface area contributed by atoms with Gasteiger partial charge in [0.2, 0.25) is 0 Å². The minimum Gasteiger partial charge on any atom is -0.545 e. The van der Waals surface area contributed by atoms with Crippen LogP contribution in [0.5, 0.6) is 0 Å². The highest BCUT2D eigenvalue weighted by atomic mass is 35.5. The number of amides is 2. The maximum absolute atomic E-state index is 12.9. The molecule has 1 aliphatic heterocycles. The van der Waals surface area contributed by atoms with Crippen LogP contribution in [-0.2, 0) is 9.53 Å². The molecule has 2 aromatic rings. The Hall–Kier alpha value is -3.32. The molecule has 0 bridgehead atoms. The van der Waals surface area contributed by atoms with E-state index in [4.69, 9.17) is 16.3 Å². The largest absolute Gasteiger partial charge is 0.545 e. The fourth-order valence-corrected chi connectivity index (χ4v) is 3.30. The average molecular weight is 414 g/mol. The molecule has 0 aromatic heterocycles. The van der Waals surface area contributed by atoms with Crippen molar-refractivity contribution in [3.8, 4) is 0 Å². The molecule has 0 fully saturated rings. The third kappa shape index (κ3) is 4.09. The summed E-state index contributed by atoms with van der Waals surface area (Å²) in [6.07, 6.45) is 0.